The molecule has 5 heteroatoms. The van der Waals surface area contributed by atoms with Crippen LogP contribution in [0.25, 0.3) is 0 Å². The van der Waals surface area contributed by atoms with Crippen molar-refractivity contribution in [3.63, 3.8) is 0 Å². The molecule has 98 valence electrons. The molecule has 0 radical (unpaired) electrons. The first-order chi connectivity index (χ1) is 8.37. The van der Waals surface area contributed by atoms with Crippen molar-refractivity contribution in [3.8, 4) is 0 Å². The summed E-state index contributed by atoms with van der Waals surface area (Å²) >= 11 is 5.51. The van der Waals surface area contributed by atoms with Crippen LogP contribution in [0.3, 0.4) is 0 Å². The standard InChI is InChI=1S/C13H12ClF3O/c14-10-2-1-9(6-11(10)15)12(18)5-8-3-4-13(16,17)7-8/h1-2,6,8H,3-5,7H2. The summed E-state index contributed by atoms with van der Waals surface area (Å²) in [4.78, 5) is 11.8. The maximum absolute atomic E-state index is 13.2. The van der Waals surface area contributed by atoms with Gasteiger partial charge in [-0.2, -0.15) is 0 Å². The highest BCUT2D eigenvalue weighted by atomic mass is 35.5. The molecule has 1 unspecified atom stereocenters. The van der Waals surface area contributed by atoms with E-state index in [9.17, 15) is 18.0 Å². The quantitative estimate of drug-likeness (QED) is 0.744. The number of benzene rings is 1. The monoisotopic (exact) mass is 276 g/mol. The van der Waals surface area contributed by atoms with E-state index < -0.39 is 11.7 Å². The molecular formula is C13H12ClF3O. The number of Topliss-reactive ketones (excluding diaryl/α,β-unsaturated/α-hetero) is 1. The molecule has 2 rings (SSSR count). The number of carbonyl (C=O) groups excluding carboxylic acids is 1. The predicted molar refractivity (Wildman–Crippen MR) is 62.6 cm³/mol. The molecular weight excluding hydrogens is 265 g/mol. The normalized spacial score (nSPS) is 22.1. The van der Waals surface area contributed by atoms with Gasteiger partial charge in [-0.15, -0.1) is 0 Å². The fraction of sp³-hybridized carbons (Fsp3) is 0.462. The summed E-state index contributed by atoms with van der Waals surface area (Å²) in [5, 5.41) is -0.0565. The third kappa shape index (κ3) is 3.05. The van der Waals surface area contributed by atoms with E-state index in [4.69, 9.17) is 11.6 Å². The zero-order valence-corrected chi connectivity index (χ0v) is 10.3. The largest absolute Gasteiger partial charge is 0.294 e. The van der Waals surface area contributed by atoms with Gasteiger partial charge in [-0.05, 0) is 30.5 Å². The fourth-order valence-corrected chi connectivity index (χ4v) is 2.38. The van der Waals surface area contributed by atoms with Crippen molar-refractivity contribution < 1.29 is 18.0 Å². The van der Waals surface area contributed by atoms with Crippen molar-refractivity contribution in [2.24, 2.45) is 5.92 Å². The van der Waals surface area contributed by atoms with Crippen LogP contribution in [-0.2, 0) is 0 Å². The summed E-state index contributed by atoms with van der Waals surface area (Å²) in [6.45, 7) is 0. The number of rotatable bonds is 3. The Morgan fingerprint density at radius 3 is 2.72 bits per heavy atom. The van der Waals surface area contributed by atoms with Gasteiger partial charge in [0.1, 0.15) is 5.82 Å². The molecule has 1 saturated carbocycles. The molecule has 0 saturated heterocycles. The Labute approximate surface area is 108 Å². The lowest BCUT2D eigenvalue weighted by atomic mass is 9.97. The van der Waals surface area contributed by atoms with Crippen LogP contribution in [-0.4, -0.2) is 11.7 Å². The molecule has 1 aromatic rings. The summed E-state index contributed by atoms with van der Waals surface area (Å²) in [6, 6.07) is 3.77. The van der Waals surface area contributed by atoms with Crippen LogP contribution in [0.2, 0.25) is 5.02 Å². The van der Waals surface area contributed by atoms with Crippen LogP contribution >= 0.6 is 11.6 Å². The zero-order valence-electron chi connectivity index (χ0n) is 9.56. The second kappa shape index (κ2) is 4.92. The molecule has 1 aliphatic carbocycles. The lowest BCUT2D eigenvalue weighted by molar-refractivity contribution is 0.00497. The molecule has 18 heavy (non-hydrogen) atoms. The minimum atomic E-state index is -2.66. The first-order valence-corrected chi connectivity index (χ1v) is 6.11. The highest BCUT2D eigenvalue weighted by Gasteiger charge is 2.39. The van der Waals surface area contributed by atoms with Gasteiger partial charge in [0.15, 0.2) is 5.78 Å². The minimum absolute atomic E-state index is 0.0384. The van der Waals surface area contributed by atoms with Gasteiger partial charge in [0.25, 0.3) is 0 Å². The van der Waals surface area contributed by atoms with Crippen LogP contribution in [0.1, 0.15) is 36.0 Å². The van der Waals surface area contributed by atoms with Gasteiger partial charge in [0, 0.05) is 24.8 Å². The van der Waals surface area contributed by atoms with Crippen molar-refractivity contribution in [3.05, 3.63) is 34.6 Å². The third-order valence-corrected chi connectivity index (χ3v) is 3.53. The highest BCUT2D eigenvalue weighted by Crippen LogP contribution is 2.40. The van der Waals surface area contributed by atoms with E-state index in [0.717, 1.165) is 6.07 Å². The molecule has 1 nitrogen and oxygen atoms in total. The number of hydrogen-bond donors (Lipinski definition) is 0. The number of ketones is 1. The second-order valence-corrected chi connectivity index (χ2v) is 5.13. The Hall–Kier alpha value is -1.03. The second-order valence-electron chi connectivity index (χ2n) is 4.72. The van der Waals surface area contributed by atoms with E-state index in [-0.39, 0.29) is 41.5 Å². The van der Waals surface area contributed by atoms with Crippen molar-refractivity contribution >= 4 is 17.4 Å². The van der Waals surface area contributed by atoms with Gasteiger partial charge in [-0.25, -0.2) is 13.2 Å². The number of halogens is 4. The van der Waals surface area contributed by atoms with Crippen LogP contribution in [0.15, 0.2) is 18.2 Å². The highest BCUT2D eigenvalue weighted by molar-refractivity contribution is 6.30. The summed E-state index contributed by atoms with van der Waals surface area (Å²) < 4.78 is 39.1. The molecule has 1 atom stereocenters. The van der Waals surface area contributed by atoms with Crippen molar-refractivity contribution in [1.82, 2.24) is 0 Å². The van der Waals surface area contributed by atoms with E-state index in [0.29, 0.717) is 6.42 Å². The zero-order chi connectivity index (χ0) is 13.3. The van der Waals surface area contributed by atoms with E-state index >= 15 is 0 Å². The number of carbonyl (C=O) groups is 1. The molecule has 0 aliphatic heterocycles. The van der Waals surface area contributed by atoms with Crippen molar-refractivity contribution in [1.29, 1.82) is 0 Å². The lowest BCUT2D eigenvalue weighted by Crippen LogP contribution is -2.12. The van der Waals surface area contributed by atoms with Crippen LogP contribution in [0, 0.1) is 11.7 Å². The van der Waals surface area contributed by atoms with Gasteiger partial charge < -0.3 is 0 Å². The topological polar surface area (TPSA) is 17.1 Å². The SMILES string of the molecule is O=C(CC1CCC(F)(F)C1)c1ccc(Cl)c(F)c1. The summed E-state index contributed by atoms with van der Waals surface area (Å²) in [7, 11) is 0. The molecule has 1 fully saturated rings. The Morgan fingerprint density at radius 1 is 1.44 bits per heavy atom. The van der Waals surface area contributed by atoms with Gasteiger partial charge in [0.05, 0.1) is 5.02 Å². The van der Waals surface area contributed by atoms with Crippen LogP contribution in [0.4, 0.5) is 13.2 Å². The lowest BCUT2D eigenvalue weighted by Gasteiger charge is -2.10. The van der Waals surface area contributed by atoms with E-state index in [1.807, 2.05) is 0 Å². The molecule has 1 aromatic carbocycles. The number of hydrogen-bond acceptors (Lipinski definition) is 1. The van der Waals surface area contributed by atoms with Gasteiger partial charge >= 0.3 is 0 Å². The Kier molecular flexibility index (Phi) is 3.66. The van der Waals surface area contributed by atoms with E-state index in [1.54, 1.807) is 0 Å². The molecule has 0 spiro atoms. The third-order valence-electron chi connectivity index (χ3n) is 3.22. The fourth-order valence-electron chi connectivity index (χ4n) is 2.27. The van der Waals surface area contributed by atoms with E-state index in [2.05, 4.69) is 0 Å². The maximum atomic E-state index is 13.2. The number of alkyl halides is 2. The van der Waals surface area contributed by atoms with Crippen molar-refractivity contribution in [2.45, 2.75) is 31.6 Å². The van der Waals surface area contributed by atoms with Crippen LogP contribution < -0.4 is 0 Å². The van der Waals surface area contributed by atoms with Gasteiger partial charge in [-0.3, -0.25) is 4.79 Å². The molecule has 0 bridgehead atoms. The smallest absolute Gasteiger partial charge is 0.248 e. The molecule has 0 heterocycles. The van der Waals surface area contributed by atoms with E-state index in [1.165, 1.54) is 12.1 Å². The molecule has 0 aromatic heterocycles. The summed E-state index contributed by atoms with van der Waals surface area (Å²) in [6.07, 6.45) is -0.0415. The summed E-state index contributed by atoms with van der Waals surface area (Å²) in [5.74, 6) is -3.95. The Balaban J connectivity index is 2.02. The first-order valence-electron chi connectivity index (χ1n) is 5.73. The minimum Gasteiger partial charge on any atom is -0.294 e. The first kappa shape index (κ1) is 13.4. The molecule has 0 amide bonds. The Morgan fingerprint density at radius 2 is 2.17 bits per heavy atom. The average Bonchev–Trinajstić information content (AvgIpc) is 2.62. The predicted octanol–water partition coefficient (Wildman–Crippen LogP) is 4.49. The molecule has 0 N–H and O–H groups in total. The van der Waals surface area contributed by atoms with Gasteiger partial charge in [-0.1, -0.05) is 11.6 Å². The maximum Gasteiger partial charge on any atom is 0.248 e. The van der Waals surface area contributed by atoms with Gasteiger partial charge in [0.2, 0.25) is 5.92 Å². The summed E-state index contributed by atoms with van der Waals surface area (Å²) in [5.41, 5.74) is 0.187. The van der Waals surface area contributed by atoms with Crippen LogP contribution in [0.5, 0.6) is 0 Å². The Bertz CT molecular complexity index is 473. The molecule has 1 aliphatic rings. The average molecular weight is 277 g/mol. The van der Waals surface area contributed by atoms with Crippen molar-refractivity contribution in [2.75, 3.05) is 0 Å².